The summed E-state index contributed by atoms with van der Waals surface area (Å²) >= 11 is 0. The quantitative estimate of drug-likeness (QED) is 0.559. The van der Waals surface area contributed by atoms with E-state index in [-0.39, 0.29) is 12.5 Å². The van der Waals surface area contributed by atoms with Crippen LogP contribution in [0.2, 0.25) is 0 Å². The molecule has 0 aromatic heterocycles. The second-order valence-corrected chi connectivity index (χ2v) is 2.47. The van der Waals surface area contributed by atoms with Gasteiger partial charge in [0.2, 0.25) is 0 Å². The standard InChI is InChI=1S/C8H14O/c1-7(2)4-5-8(3)6-9/h5,8-9H,6H2,1-3H3. The number of rotatable bonds is 2. The molecule has 9 heavy (non-hydrogen) atoms. The van der Waals surface area contributed by atoms with E-state index in [0.717, 1.165) is 5.57 Å². The zero-order chi connectivity index (χ0) is 7.28. The second-order valence-electron chi connectivity index (χ2n) is 2.47. The molecule has 0 saturated heterocycles. The lowest BCUT2D eigenvalue weighted by molar-refractivity contribution is 0.262. The molecule has 0 rings (SSSR count). The number of aliphatic hydroxyl groups is 1. The lowest BCUT2D eigenvalue weighted by atomic mass is 10.2. The number of aliphatic hydroxyl groups excluding tert-OH is 1. The molecule has 1 atom stereocenters. The summed E-state index contributed by atoms with van der Waals surface area (Å²) in [5.41, 5.74) is 4.18. The first-order chi connectivity index (χ1) is 4.16. The molecule has 0 aliphatic rings. The van der Waals surface area contributed by atoms with Gasteiger partial charge in [0.1, 0.15) is 0 Å². The Morgan fingerprint density at radius 3 is 2.56 bits per heavy atom. The molecule has 0 radical (unpaired) electrons. The van der Waals surface area contributed by atoms with Gasteiger partial charge in [0, 0.05) is 12.5 Å². The summed E-state index contributed by atoms with van der Waals surface area (Å²) in [7, 11) is 0. The largest absolute Gasteiger partial charge is 0.396 e. The average Bonchev–Trinajstić information content (AvgIpc) is 1.83. The Bertz CT molecular complexity index is 126. The zero-order valence-corrected chi connectivity index (χ0v) is 6.31. The van der Waals surface area contributed by atoms with Crippen molar-refractivity contribution >= 4 is 0 Å². The fraction of sp³-hybridized carbons (Fsp3) is 0.625. The highest BCUT2D eigenvalue weighted by molar-refractivity contribution is 4.95. The first-order valence-electron chi connectivity index (χ1n) is 3.17. The van der Waals surface area contributed by atoms with Gasteiger partial charge >= 0.3 is 0 Å². The van der Waals surface area contributed by atoms with Gasteiger partial charge in [-0.2, -0.15) is 0 Å². The minimum atomic E-state index is 0.209. The molecule has 0 aliphatic heterocycles. The van der Waals surface area contributed by atoms with Gasteiger partial charge in [0.15, 0.2) is 0 Å². The predicted octanol–water partition coefficient (Wildman–Crippen LogP) is 1.74. The first kappa shape index (κ1) is 8.48. The van der Waals surface area contributed by atoms with E-state index in [0.29, 0.717) is 0 Å². The molecular formula is C8H14O. The van der Waals surface area contributed by atoms with Gasteiger partial charge in [-0.05, 0) is 25.5 Å². The van der Waals surface area contributed by atoms with Gasteiger partial charge in [0.05, 0.1) is 0 Å². The Kier molecular flexibility index (Phi) is 4.12. The van der Waals surface area contributed by atoms with Crippen molar-refractivity contribution in [1.29, 1.82) is 0 Å². The summed E-state index contributed by atoms with van der Waals surface area (Å²) in [5, 5.41) is 8.57. The summed E-state index contributed by atoms with van der Waals surface area (Å²) in [4.78, 5) is 0. The Balaban J connectivity index is 3.83. The fourth-order valence-electron chi connectivity index (χ4n) is 0.362. The van der Waals surface area contributed by atoms with Gasteiger partial charge in [-0.3, -0.25) is 0 Å². The van der Waals surface area contributed by atoms with Crippen LogP contribution < -0.4 is 0 Å². The van der Waals surface area contributed by atoms with E-state index in [4.69, 9.17) is 5.11 Å². The normalized spacial score (nSPS) is 12.0. The second kappa shape index (κ2) is 4.37. The van der Waals surface area contributed by atoms with Crippen LogP contribution in [-0.2, 0) is 0 Å². The highest BCUT2D eigenvalue weighted by atomic mass is 16.3. The van der Waals surface area contributed by atoms with E-state index < -0.39 is 0 Å². The summed E-state index contributed by atoms with van der Waals surface area (Å²) in [5.74, 6) is 0.236. The molecule has 0 heterocycles. The SMILES string of the molecule is CC(C)=C=CC(C)CO. The average molecular weight is 126 g/mol. The highest BCUT2D eigenvalue weighted by Gasteiger charge is 1.88. The summed E-state index contributed by atoms with van der Waals surface area (Å²) in [6.45, 7) is 6.14. The molecule has 1 nitrogen and oxygen atoms in total. The van der Waals surface area contributed by atoms with E-state index in [1.807, 2.05) is 26.8 Å². The molecule has 1 unspecified atom stereocenters. The highest BCUT2D eigenvalue weighted by Crippen LogP contribution is 1.94. The number of hydrogen-bond acceptors (Lipinski definition) is 1. The van der Waals surface area contributed by atoms with E-state index in [9.17, 15) is 0 Å². The third-order valence-corrected chi connectivity index (χ3v) is 0.945. The van der Waals surface area contributed by atoms with Crippen LogP contribution in [0.25, 0.3) is 0 Å². The van der Waals surface area contributed by atoms with Crippen molar-refractivity contribution in [3.63, 3.8) is 0 Å². The maximum atomic E-state index is 8.57. The van der Waals surface area contributed by atoms with Crippen molar-refractivity contribution in [3.05, 3.63) is 17.4 Å². The number of hydrogen-bond donors (Lipinski definition) is 1. The van der Waals surface area contributed by atoms with Crippen LogP contribution in [0.5, 0.6) is 0 Å². The summed E-state index contributed by atoms with van der Waals surface area (Å²) in [6, 6.07) is 0. The molecule has 52 valence electrons. The van der Waals surface area contributed by atoms with Crippen LogP contribution in [0.3, 0.4) is 0 Å². The Labute approximate surface area is 56.7 Å². The third kappa shape index (κ3) is 5.35. The van der Waals surface area contributed by atoms with Gasteiger partial charge in [0.25, 0.3) is 0 Å². The van der Waals surface area contributed by atoms with Crippen LogP contribution in [0, 0.1) is 5.92 Å². The summed E-state index contributed by atoms with van der Waals surface area (Å²) in [6.07, 6.45) is 1.88. The van der Waals surface area contributed by atoms with Crippen LogP contribution in [-0.4, -0.2) is 11.7 Å². The monoisotopic (exact) mass is 126 g/mol. The Hall–Kier alpha value is -0.520. The smallest absolute Gasteiger partial charge is 0.0497 e. The van der Waals surface area contributed by atoms with Gasteiger partial charge in [-0.1, -0.05) is 6.92 Å². The van der Waals surface area contributed by atoms with Crippen molar-refractivity contribution in [2.75, 3.05) is 6.61 Å². The van der Waals surface area contributed by atoms with E-state index in [1.165, 1.54) is 0 Å². The van der Waals surface area contributed by atoms with Crippen LogP contribution in [0.15, 0.2) is 17.4 Å². The van der Waals surface area contributed by atoms with E-state index in [2.05, 4.69) is 5.73 Å². The maximum Gasteiger partial charge on any atom is 0.0497 e. The molecule has 0 aromatic carbocycles. The minimum absolute atomic E-state index is 0.209. The van der Waals surface area contributed by atoms with E-state index in [1.54, 1.807) is 0 Å². The molecule has 1 N–H and O–H groups in total. The topological polar surface area (TPSA) is 20.2 Å². The van der Waals surface area contributed by atoms with Crippen LogP contribution in [0.1, 0.15) is 20.8 Å². The van der Waals surface area contributed by atoms with Crippen molar-refractivity contribution in [2.24, 2.45) is 5.92 Å². The van der Waals surface area contributed by atoms with Crippen molar-refractivity contribution in [1.82, 2.24) is 0 Å². The Morgan fingerprint density at radius 1 is 1.67 bits per heavy atom. The van der Waals surface area contributed by atoms with Crippen molar-refractivity contribution < 1.29 is 5.11 Å². The van der Waals surface area contributed by atoms with Gasteiger partial charge < -0.3 is 5.11 Å². The fourth-order valence-corrected chi connectivity index (χ4v) is 0.362. The predicted molar refractivity (Wildman–Crippen MR) is 39.2 cm³/mol. The lowest BCUT2D eigenvalue weighted by Gasteiger charge is -1.94. The molecular weight excluding hydrogens is 112 g/mol. The summed E-state index contributed by atoms with van der Waals surface area (Å²) < 4.78 is 0. The van der Waals surface area contributed by atoms with Crippen LogP contribution >= 0.6 is 0 Å². The maximum absolute atomic E-state index is 8.57. The minimum Gasteiger partial charge on any atom is -0.396 e. The Morgan fingerprint density at radius 2 is 2.22 bits per heavy atom. The van der Waals surface area contributed by atoms with Gasteiger partial charge in [-0.25, -0.2) is 0 Å². The van der Waals surface area contributed by atoms with Crippen molar-refractivity contribution in [3.8, 4) is 0 Å². The van der Waals surface area contributed by atoms with Crippen LogP contribution in [0.4, 0.5) is 0 Å². The molecule has 0 aliphatic carbocycles. The molecule has 0 amide bonds. The zero-order valence-electron chi connectivity index (χ0n) is 6.31. The third-order valence-electron chi connectivity index (χ3n) is 0.945. The van der Waals surface area contributed by atoms with E-state index >= 15 is 0 Å². The van der Waals surface area contributed by atoms with Crippen molar-refractivity contribution in [2.45, 2.75) is 20.8 Å². The molecule has 1 heteroatoms. The molecule has 0 bridgehead atoms. The molecule has 0 saturated carbocycles. The first-order valence-corrected chi connectivity index (χ1v) is 3.17. The molecule has 0 spiro atoms. The molecule has 0 fully saturated rings. The lowest BCUT2D eigenvalue weighted by Crippen LogP contribution is -1.93. The van der Waals surface area contributed by atoms with Gasteiger partial charge in [-0.15, -0.1) is 5.73 Å². The molecule has 0 aromatic rings.